The Morgan fingerprint density at radius 2 is 1.91 bits per heavy atom. The van der Waals surface area contributed by atoms with Crippen LogP contribution in [0.1, 0.15) is 15.9 Å². The Morgan fingerprint density at radius 1 is 1.12 bits per heavy atom. The van der Waals surface area contributed by atoms with E-state index in [1.54, 1.807) is 12.1 Å². The molecular weight excluding hydrogens is 438 g/mol. The van der Waals surface area contributed by atoms with Gasteiger partial charge in [-0.15, -0.1) is 0 Å². The molecule has 0 atom stereocenters. The quantitative estimate of drug-likeness (QED) is 0.468. The number of aromatic nitrogens is 3. The Kier molecular flexibility index (Phi) is 7.54. The molecule has 2 aromatic carbocycles. The van der Waals surface area contributed by atoms with Crippen molar-refractivity contribution in [2.45, 2.75) is 13.0 Å². The molecular formula is C24H29N5O3S. The lowest BCUT2D eigenvalue weighted by atomic mass is 10.0. The second kappa shape index (κ2) is 10.7. The van der Waals surface area contributed by atoms with Crippen LogP contribution in [0.4, 0.5) is 0 Å². The topological polar surface area (TPSA) is 86.6 Å². The van der Waals surface area contributed by atoms with E-state index < -0.39 is 5.97 Å². The van der Waals surface area contributed by atoms with Crippen LogP contribution < -0.4 is 4.74 Å². The van der Waals surface area contributed by atoms with Crippen LogP contribution in [0.25, 0.3) is 11.4 Å². The molecule has 9 heteroatoms. The monoisotopic (exact) mass is 467 g/mol. The highest BCUT2D eigenvalue weighted by atomic mass is 32.1. The lowest BCUT2D eigenvalue weighted by Gasteiger charge is -2.32. The summed E-state index contributed by atoms with van der Waals surface area (Å²) in [5.41, 5.74) is 1.97. The van der Waals surface area contributed by atoms with Crippen molar-refractivity contribution in [2.75, 3.05) is 46.4 Å². The van der Waals surface area contributed by atoms with Gasteiger partial charge in [0, 0.05) is 44.8 Å². The van der Waals surface area contributed by atoms with Crippen LogP contribution in [0.3, 0.4) is 0 Å². The number of hydrogen-bond donors (Lipinski definition) is 2. The first-order valence-corrected chi connectivity index (χ1v) is 11.5. The van der Waals surface area contributed by atoms with Crippen molar-refractivity contribution in [3.8, 4) is 17.1 Å². The first kappa shape index (κ1) is 23.2. The van der Waals surface area contributed by atoms with Crippen molar-refractivity contribution in [1.29, 1.82) is 0 Å². The Hall–Kier alpha value is -3.01. The van der Waals surface area contributed by atoms with E-state index in [1.807, 2.05) is 41.0 Å². The maximum Gasteiger partial charge on any atom is 0.335 e. The van der Waals surface area contributed by atoms with Crippen LogP contribution in [-0.4, -0.2) is 82.0 Å². The van der Waals surface area contributed by atoms with E-state index >= 15 is 0 Å². The summed E-state index contributed by atoms with van der Waals surface area (Å²) < 4.78 is 8.42. The normalized spacial score (nSPS) is 14.9. The zero-order valence-corrected chi connectivity index (χ0v) is 19.6. The van der Waals surface area contributed by atoms with Crippen molar-refractivity contribution in [3.63, 3.8) is 0 Å². The molecule has 0 radical (unpaired) electrons. The number of H-pyrrole nitrogens is 1. The first-order valence-electron chi connectivity index (χ1n) is 11.1. The van der Waals surface area contributed by atoms with E-state index in [0.717, 1.165) is 49.6 Å². The molecule has 4 rings (SSSR count). The number of nitrogens with zero attached hydrogens (tertiary/aromatic N) is 4. The van der Waals surface area contributed by atoms with Gasteiger partial charge in [0.1, 0.15) is 12.4 Å². The molecule has 0 amide bonds. The predicted octanol–water partition coefficient (Wildman–Crippen LogP) is 3.17. The number of carboxylic acid groups (broad SMARTS) is 1. The summed E-state index contributed by atoms with van der Waals surface area (Å²) in [4.78, 5) is 16.3. The molecule has 2 heterocycles. The van der Waals surface area contributed by atoms with Crippen molar-refractivity contribution < 1.29 is 14.6 Å². The average molecular weight is 468 g/mol. The van der Waals surface area contributed by atoms with Crippen LogP contribution in [0.5, 0.6) is 5.75 Å². The largest absolute Gasteiger partial charge is 0.492 e. The third-order valence-corrected chi connectivity index (χ3v) is 6.29. The van der Waals surface area contributed by atoms with E-state index in [2.05, 4.69) is 27.0 Å². The fourth-order valence-corrected chi connectivity index (χ4v) is 4.24. The molecule has 1 saturated heterocycles. The van der Waals surface area contributed by atoms with E-state index in [-0.39, 0.29) is 0 Å². The molecule has 1 aromatic heterocycles. The average Bonchev–Trinajstić information content (AvgIpc) is 3.19. The van der Waals surface area contributed by atoms with Gasteiger partial charge >= 0.3 is 5.97 Å². The van der Waals surface area contributed by atoms with Crippen LogP contribution >= 0.6 is 12.2 Å². The number of aromatic amines is 1. The van der Waals surface area contributed by atoms with Gasteiger partial charge in [-0.2, -0.15) is 5.10 Å². The van der Waals surface area contributed by atoms with Crippen LogP contribution in [-0.2, 0) is 13.0 Å². The van der Waals surface area contributed by atoms with Crippen LogP contribution in [0.15, 0.2) is 48.5 Å². The molecule has 8 nitrogen and oxygen atoms in total. The smallest absolute Gasteiger partial charge is 0.335 e. The van der Waals surface area contributed by atoms with Gasteiger partial charge in [0.05, 0.1) is 5.56 Å². The highest BCUT2D eigenvalue weighted by molar-refractivity contribution is 7.71. The summed E-state index contributed by atoms with van der Waals surface area (Å²) in [6, 6.07) is 14.9. The van der Waals surface area contributed by atoms with Gasteiger partial charge in [-0.3, -0.25) is 14.6 Å². The molecule has 0 unspecified atom stereocenters. The molecule has 0 spiro atoms. The SMILES string of the molecule is CN1CCN(CCOc2cccc(-c3n[nH]c(=S)n3CCc3ccccc3C(=O)O)c2)CC1. The number of piperazine rings is 1. The molecule has 1 aliphatic heterocycles. The number of rotatable bonds is 9. The Balaban J connectivity index is 1.43. The van der Waals surface area contributed by atoms with Crippen LogP contribution in [0.2, 0.25) is 0 Å². The number of aryl methyl sites for hydroxylation is 1. The van der Waals surface area contributed by atoms with Crippen LogP contribution in [0, 0.1) is 4.77 Å². The lowest BCUT2D eigenvalue weighted by Crippen LogP contribution is -2.45. The maximum absolute atomic E-state index is 11.5. The maximum atomic E-state index is 11.5. The van der Waals surface area contributed by atoms with Crippen molar-refractivity contribution in [2.24, 2.45) is 0 Å². The van der Waals surface area contributed by atoms with E-state index in [0.29, 0.717) is 35.7 Å². The van der Waals surface area contributed by atoms with Gasteiger partial charge < -0.3 is 14.7 Å². The molecule has 0 saturated carbocycles. The van der Waals surface area contributed by atoms with Crippen molar-refractivity contribution >= 4 is 18.2 Å². The number of likely N-dealkylation sites (N-methyl/N-ethyl adjacent to an activating group) is 1. The Labute approximate surface area is 198 Å². The molecule has 0 bridgehead atoms. The van der Waals surface area contributed by atoms with Gasteiger partial charge in [-0.05, 0) is 49.4 Å². The zero-order chi connectivity index (χ0) is 23.2. The third-order valence-electron chi connectivity index (χ3n) is 5.98. The Morgan fingerprint density at radius 3 is 2.70 bits per heavy atom. The number of aromatic carboxylic acids is 1. The van der Waals surface area contributed by atoms with Gasteiger partial charge in [-0.25, -0.2) is 4.79 Å². The van der Waals surface area contributed by atoms with Gasteiger partial charge in [-0.1, -0.05) is 30.3 Å². The highest BCUT2D eigenvalue weighted by Gasteiger charge is 2.15. The molecule has 0 aliphatic carbocycles. The summed E-state index contributed by atoms with van der Waals surface area (Å²) >= 11 is 5.44. The van der Waals surface area contributed by atoms with E-state index in [4.69, 9.17) is 17.0 Å². The fourth-order valence-electron chi connectivity index (χ4n) is 4.01. The van der Waals surface area contributed by atoms with Crippen molar-refractivity contribution in [1.82, 2.24) is 24.6 Å². The molecule has 2 N–H and O–H groups in total. The van der Waals surface area contributed by atoms with Gasteiger partial charge in [0.25, 0.3) is 0 Å². The summed E-state index contributed by atoms with van der Waals surface area (Å²) in [6.45, 7) is 6.37. The number of ether oxygens (including phenoxy) is 1. The van der Waals surface area contributed by atoms with Gasteiger partial charge in [0.15, 0.2) is 10.6 Å². The third kappa shape index (κ3) is 5.87. The summed E-state index contributed by atoms with van der Waals surface area (Å²) in [5, 5.41) is 16.7. The number of nitrogens with one attached hydrogen (secondary N) is 1. The lowest BCUT2D eigenvalue weighted by molar-refractivity contribution is 0.0695. The highest BCUT2D eigenvalue weighted by Crippen LogP contribution is 2.23. The number of carboxylic acids is 1. The standard InChI is InChI=1S/C24H29N5O3S/c1-27-11-13-28(14-12-27)15-16-32-20-7-4-6-19(17-20)22-25-26-24(33)29(22)10-9-18-5-2-3-8-21(18)23(30)31/h2-8,17H,9-16H2,1H3,(H,26,33)(H,30,31). The molecule has 33 heavy (non-hydrogen) atoms. The number of hydrogen-bond acceptors (Lipinski definition) is 6. The minimum absolute atomic E-state index is 0.310. The second-order valence-electron chi connectivity index (χ2n) is 8.24. The number of carbonyl (C=O) groups is 1. The van der Waals surface area contributed by atoms with Crippen molar-refractivity contribution in [3.05, 3.63) is 64.4 Å². The predicted molar refractivity (Wildman–Crippen MR) is 129 cm³/mol. The molecule has 174 valence electrons. The summed E-state index contributed by atoms with van der Waals surface area (Å²) in [5.74, 6) is 0.568. The molecule has 1 fully saturated rings. The number of benzene rings is 2. The molecule has 1 aliphatic rings. The second-order valence-corrected chi connectivity index (χ2v) is 8.62. The van der Waals surface area contributed by atoms with E-state index in [9.17, 15) is 9.90 Å². The summed E-state index contributed by atoms with van der Waals surface area (Å²) in [6.07, 6.45) is 0.532. The Bertz CT molecular complexity index is 1150. The van der Waals surface area contributed by atoms with Gasteiger partial charge in [0.2, 0.25) is 0 Å². The first-order chi connectivity index (χ1) is 16.0. The summed E-state index contributed by atoms with van der Waals surface area (Å²) in [7, 11) is 2.15. The fraction of sp³-hybridized carbons (Fsp3) is 0.375. The minimum Gasteiger partial charge on any atom is -0.492 e. The molecule has 3 aromatic rings. The minimum atomic E-state index is -0.928. The van der Waals surface area contributed by atoms with E-state index in [1.165, 1.54) is 0 Å². The zero-order valence-electron chi connectivity index (χ0n) is 18.7.